The quantitative estimate of drug-likeness (QED) is 0.795. The third kappa shape index (κ3) is 5.45. The van der Waals surface area contributed by atoms with Crippen molar-refractivity contribution in [3.8, 4) is 11.6 Å². The van der Waals surface area contributed by atoms with Crippen molar-refractivity contribution in [2.45, 2.75) is 0 Å². The van der Waals surface area contributed by atoms with E-state index >= 15 is 0 Å². The summed E-state index contributed by atoms with van der Waals surface area (Å²) in [5, 5.41) is 2.69. The van der Waals surface area contributed by atoms with Gasteiger partial charge in [-0.1, -0.05) is 6.07 Å². The average molecular weight is 397 g/mol. The molecule has 1 aromatic carbocycles. The number of likely N-dealkylation sites (N-methyl/N-ethyl adjacent to an activating group) is 1. The molecule has 2 amide bonds. The molecule has 29 heavy (non-hydrogen) atoms. The Morgan fingerprint density at radius 3 is 2.62 bits per heavy atom. The molecule has 0 radical (unpaired) electrons. The molecule has 8 nitrogen and oxygen atoms in total. The summed E-state index contributed by atoms with van der Waals surface area (Å²) < 4.78 is 5.86. The van der Waals surface area contributed by atoms with Crippen LogP contribution in [0.25, 0.3) is 0 Å². The Hall–Kier alpha value is -3.13. The van der Waals surface area contributed by atoms with E-state index in [-0.39, 0.29) is 29.8 Å². The Balaban J connectivity index is 1.64. The van der Waals surface area contributed by atoms with Crippen LogP contribution in [0.2, 0.25) is 0 Å². The summed E-state index contributed by atoms with van der Waals surface area (Å²) in [4.78, 5) is 35.1. The first kappa shape index (κ1) is 20.6. The number of nitrogens with one attached hydrogen (secondary N) is 1. The number of ether oxygens (including phenoxy) is 1. The van der Waals surface area contributed by atoms with Crippen molar-refractivity contribution in [2.75, 3.05) is 58.8 Å². The summed E-state index contributed by atoms with van der Waals surface area (Å²) in [6.07, 6.45) is 1.57. The van der Waals surface area contributed by atoms with Gasteiger partial charge in [0.25, 0.3) is 5.91 Å². The number of pyridine rings is 1. The predicted molar refractivity (Wildman–Crippen MR) is 111 cm³/mol. The molecule has 1 N–H and O–H groups in total. The third-order valence-electron chi connectivity index (χ3n) is 4.82. The minimum atomic E-state index is -0.389. The molecule has 0 aliphatic carbocycles. The van der Waals surface area contributed by atoms with Gasteiger partial charge in [0.15, 0.2) is 0 Å². The molecule has 0 unspecified atom stereocenters. The summed E-state index contributed by atoms with van der Waals surface area (Å²) in [6, 6.07) is 10.8. The summed E-state index contributed by atoms with van der Waals surface area (Å²) in [7, 11) is 5.91. The van der Waals surface area contributed by atoms with E-state index in [1.54, 1.807) is 29.3 Å². The standard InChI is InChI=1S/C21H27N5O3/c1-24(2)16-6-4-7-17(14-16)29-21-18(8-5-9-22-21)20(28)23-15-19(27)26-12-10-25(3)11-13-26/h4-9,14H,10-13,15H2,1-3H3,(H,23,28). The monoisotopic (exact) mass is 397 g/mol. The zero-order valence-corrected chi connectivity index (χ0v) is 17.1. The Bertz CT molecular complexity index is 863. The van der Waals surface area contributed by atoms with Crippen LogP contribution in [0.5, 0.6) is 11.6 Å². The summed E-state index contributed by atoms with van der Waals surface area (Å²) in [6.45, 7) is 2.98. The zero-order chi connectivity index (χ0) is 20.8. The van der Waals surface area contributed by atoms with E-state index in [4.69, 9.17) is 4.74 Å². The van der Waals surface area contributed by atoms with Crippen LogP contribution < -0.4 is 15.0 Å². The van der Waals surface area contributed by atoms with Gasteiger partial charge >= 0.3 is 0 Å². The smallest absolute Gasteiger partial charge is 0.257 e. The SMILES string of the molecule is CN1CCN(C(=O)CNC(=O)c2cccnc2Oc2cccc(N(C)C)c2)CC1. The first-order valence-corrected chi connectivity index (χ1v) is 9.59. The number of anilines is 1. The van der Waals surface area contributed by atoms with Crippen molar-refractivity contribution < 1.29 is 14.3 Å². The van der Waals surface area contributed by atoms with Crippen LogP contribution in [0, 0.1) is 0 Å². The van der Waals surface area contributed by atoms with Crippen LogP contribution in [0.3, 0.4) is 0 Å². The average Bonchev–Trinajstić information content (AvgIpc) is 2.73. The normalized spacial score (nSPS) is 14.4. The lowest BCUT2D eigenvalue weighted by Crippen LogP contribution is -2.50. The van der Waals surface area contributed by atoms with Crippen molar-refractivity contribution in [1.29, 1.82) is 0 Å². The second-order valence-electron chi connectivity index (χ2n) is 7.22. The van der Waals surface area contributed by atoms with Crippen molar-refractivity contribution in [3.63, 3.8) is 0 Å². The molecule has 0 atom stereocenters. The van der Waals surface area contributed by atoms with E-state index in [0.717, 1.165) is 18.8 Å². The number of piperazine rings is 1. The molecule has 154 valence electrons. The minimum absolute atomic E-state index is 0.0486. The molecule has 1 saturated heterocycles. The first-order chi connectivity index (χ1) is 13.9. The number of carbonyl (C=O) groups is 2. The van der Waals surface area contributed by atoms with Gasteiger partial charge in [0.1, 0.15) is 11.3 Å². The number of benzene rings is 1. The van der Waals surface area contributed by atoms with Crippen LogP contribution >= 0.6 is 0 Å². The fraction of sp³-hybridized carbons (Fsp3) is 0.381. The summed E-state index contributed by atoms with van der Waals surface area (Å²) in [5.41, 5.74) is 1.26. The predicted octanol–water partition coefficient (Wildman–Crippen LogP) is 1.44. The van der Waals surface area contributed by atoms with Gasteiger partial charge in [0, 0.05) is 58.2 Å². The molecule has 2 heterocycles. The van der Waals surface area contributed by atoms with Crippen molar-refractivity contribution >= 4 is 17.5 Å². The number of amides is 2. The van der Waals surface area contributed by atoms with Crippen LogP contribution in [0.15, 0.2) is 42.6 Å². The minimum Gasteiger partial charge on any atom is -0.438 e. The number of carbonyl (C=O) groups excluding carboxylic acids is 2. The van der Waals surface area contributed by atoms with Crippen LogP contribution in [-0.4, -0.2) is 80.5 Å². The van der Waals surface area contributed by atoms with Crippen molar-refractivity contribution in [1.82, 2.24) is 20.1 Å². The van der Waals surface area contributed by atoms with Gasteiger partial charge in [-0.15, -0.1) is 0 Å². The fourth-order valence-electron chi connectivity index (χ4n) is 3.00. The van der Waals surface area contributed by atoms with Crippen LogP contribution in [0.4, 0.5) is 5.69 Å². The maximum absolute atomic E-state index is 12.7. The van der Waals surface area contributed by atoms with Gasteiger partial charge in [-0.05, 0) is 31.3 Å². The number of aromatic nitrogens is 1. The third-order valence-corrected chi connectivity index (χ3v) is 4.82. The van der Waals surface area contributed by atoms with E-state index in [2.05, 4.69) is 15.2 Å². The molecule has 1 aromatic heterocycles. The Morgan fingerprint density at radius 2 is 1.90 bits per heavy atom. The van der Waals surface area contributed by atoms with E-state index < -0.39 is 0 Å². The van der Waals surface area contributed by atoms with E-state index in [1.807, 2.05) is 44.2 Å². The fourth-order valence-corrected chi connectivity index (χ4v) is 3.00. The highest BCUT2D eigenvalue weighted by atomic mass is 16.5. The molecule has 0 saturated carbocycles. The van der Waals surface area contributed by atoms with Gasteiger partial charge in [0.2, 0.25) is 11.8 Å². The molecule has 3 rings (SSSR count). The Kier molecular flexibility index (Phi) is 6.66. The first-order valence-electron chi connectivity index (χ1n) is 9.59. The lowest BCUT2D eigenvalue weighted by atomic mass is 10.2. The van der Waals surface area contributed by atoms with E-state index in [1.165, 1.54) is 0 Å². The second kappa shape index (κ2) is 9.38. The summed E-state index contributed by atoms with van der Waals surface area (Å²) >= 11 is 0. The number of hydrogen-bond acceptors (Lipinski definition) is 6. The van der Waals surface area contributed by atoms with Crippen molar-refractivity contribution in [3.05, 3.63) is 48.2 Å². The molecule has 1 aliphatic rings. The van der Waals surface area contributed by atoms with E-state index in [0.29, 0.717) is 18.8 Å². The Morgan fingerprint density at radius 1 is 1.14 bits per heavy atom. The molecular weight excluding hydrogens is 370 g/mol. The lowest BCUT2D eigenvalue weighted by molar-refractivity contribution is -0.131. The molecule has 8 heteroatoms. The van der Waals surface area contributed by atoms with Gasteiger partial charge in [0.05, 0.1) is 6.54 Å². The topological polar surface area (TPSA) is 78.0 Å². The number of hydrogen-bond donors (Lipinski definition) is 1. The van der Waals surface area contributed by atoms with Gasteiger partial charge in [-0.25, -0.2) is 4.98 Å². The molecule has 0 spiro atoms. The highest BCUT2D eigenvalue weighted by molar-refractivity contribution is 5.98. The molecule has 1 aliphatic heterocycles. The molecule has 1 fully saturated rings. The van der Waals surface area contributed by atoms with Gasteiger partial charge in [-0.3, -0.25) is 9.59 Å². The highest BCUT2D eigenvalue weighted by Crippen LogP contribution is 2.26. The second-order valence-corrected chi connectivity index (χ2v) is 7.22. The highest BCUT2D eigenvalue weighted by Gasteiger charge is 2.21. The Labute approximate surface area is 171 Å². The number of nitrogens with zero attached hydrogens (tertiary/aromatic N) is 4. The number of rotatable bonds is 6. The maximum Gasteiger partial charge on any atom is 0.257 e. The maximum atomic E-state index is 12.7. The van der Waals surface area contributed by atoms with Crippen molar-refractivity contribution in [2.24, 2.45) is 0 Å². The molecule has 0 bridgehead atoms. The van der Waals surface area contributed by atoms with Gasteiger partial charge in [-0.2, -0.15) is 0 Å². The summed E-state index contributed by atoms with van der Waals surface area (Å²) in [5.74, 6) is 0.307. The van der Waals surface area contributed by atoms with Gasteiger partial charge < -0.3 is 24.8 Å². The largest absolute Gasteiger partial charge is 0.438 e. The zero-order valence-electron chi connectivity index (χ0n) is 17.1. The van der Waals surface area contributed by atoms with Crippen LogP contribution in [-0.2, 0) is 4.79 Å². The lowest BCUT2D eigenvalue weighted by Gasteiger charge is -2.32. The van der Waals surface area contributed by atoms with Crippen LogP contribution in [0.1, 0.15) is 10.4 Å². The van der Waals surface area contributed by atoms with E-state index in [9.17, 15) is 9.59 Å². The molecular formula is C21H27N5O3. The molecule has 2 aromatic rings.